The van der Waals surface area contributed by atoms with Gasteiger partial charge in [-0.05, 0) is 12.3 Å². The minimum absolute atomic E-state index is 0.232. The van der Waals surface area contributed by atoms with Crippen LogP contribution in [0.2, 0.25) is 0 Å². The molecule has 0 aliphatic rings. The van der Waals surface area contributed by atoms with Gasteiger partial charge in [-0.2, -0.15) is 0 Å². The van der Waals surface area contributed by atoms with Gasteiger partial charge in [0, 0.05) is 19.2 Å². The zero-order valence-corrected chi connectivity index (χ0v) is 11.5. The molecule has 0 bridgehead atoms. The van der Waals surface area contributed by atoms with E-state index in [9.17, 15) is 9.59 Å². The third-order valence-electron chi connectivity index (χ3n) is 2.49. The monoisotopic (exact) mass is 225 g/mol. The highest BCUT2D eigenvalue weighted by Gasteiger charge is 2.31. The second kappa shape index (κ2) is 5.28. The molecular weight excluding hydrogens is 202 g/mol. The third kappa shape index (κ3) is 2.52. The van der Waals surface area contributed by atoms with Crippen LogP contribution in [-0.4, -0.2) is 13.6 Å². The largest absolute Gasteiger partial charge is 0.371 e. The third-order valence-corrected chi connectivity index (χ3v) is 2.49. The Balaban J connectivity index is 0.00000106. The summed E-state index contributed by atoms with van der Waals surface area (Å²) >= 11 is 0. The summed E-state index contributed by atoms with van der Waals surface area (Å²) in [4.78, 5) is 24.6. The molecule has 0 saturated heterocycles. The van der Waals surface area contributed by atoms with Crippen LogP contribution < -0.4 is 15.8 Å². The summed E-state index contributed by atoms with van der Waals surface area (Å²) in [5, 5.41) is 0. The van der Waals surface area contributed by atoms with Crippen molar-refractivity contribution in [3.63, 3.8) is 0 Å². The first kappa shape index (κ1) is 14.9. The molecule has 0 spiro atoms. The van der Waals surface area contributed by atoms with E-state index in [1.165, 1.54) is 0 Å². The highest BCUT2D eigenvalue weighted by atomic mass is 16.2. The maximum absolute atomic E-state index is 11.4. The molecule has 1 aromatic rings. The highest BCUT2D eigenvalue weighted by Crippen LogP contribution is 2.27. The maximum atomic E-state index is 11.4. The van der Waals surface area contributed by atoms with Crippen molar-refractivity contribution >= 4 is 5.69 Å². The summed E-state index contributed by atoms with van der Waals surface area (Å²) in [5.74, 6) is 0. The van der Waals surface area contributed by atoms with E-state index in [2.05, 4.69) is 0 Å². The summed E-state index contributed by atoms with van der Waals surface area (Å²) in [7, 11) is 1.84. The maximum Gasteiger partial charge on any atom is 0.249 e. The molecule has 3 nitrogen and oxygen atoms in total. The number of hydrogen-bond acceptors (Lipinski definition) is 3. The van der Waals surface area contributed by atoms with Crippen molar-refractivity contribution < 1.29 is 0 Å². The standard InChI is InChI=1S/C11H17NO2.C2H6/c1-6-12(5)8-7(11(2,3)4)9(13)10(8)14;1-2/h6H2,1-5H3;1-2H3. The van der Waals surface area contributed by atoms with Crippen LogP contribution in [0.5, 0.6) is 0 Å². The first-order chi connectivity index (χ1) is 7.30. The van der Waals surface area contributed by atoms with Crippen LogP contribution in [0.15, 0.2) is 9.59 Å². The van der Waals surface area contributed by atoms with Crippen molar-refractivity contribution in [3.8, 4) is 0 Å². The van der Waals surface area contributed by atoms with Crippen molar-refractivity contribution in [3.05, 3.63) is 26.0 Å². The van der Waals surface area contributed by atoms with Crippen LogP contribution in [0.1, 0.15) is 47.1 Å². The lowest BCUT2D eigenvalue weighted by atomic mass is 9.82. The Hall–Kier alpha value is -1.12. The van der Waals surface area contributed by atoms with E-state index in [1.807, 2.05) is 53.5 Å². The Bertz CT molecular complexity index is 406. The molecule has 0 atom stereocenters. The molecule has 1 rings (SSSR count). The average molecular weight is 225 g/mol. The minimum Gasteiger partial charge on any atom is -0.371 e. The fraction of sp³-hybridized carbons (Fsp3) is 0.692. The topological polar surface area (TPSA) is 37.4 Å². The molecule has 16 heavy (non-hydrogen) atoms. The molecule has 0 saturated carbocycles. The molecule has 1 aromatic carbocycles. The Morgan fingerprint density at radius 2 is 1.50 bits per heavy atom. The number of rotatable bonds is 2. The number of hydrogen-bond donors (Lipinski definition) is 0. The molecule has 0 heterocycles. The summed E-state index contributed by atoms with van der Waals surface area (Å²) in [6, 6.07) is 0. The van der Waals surface area contributed by atoms with Crippen molar-refractivity contribution in [1.29, 1.82) is 0 Å². The van der Waals surface area contributed by atoms with E-state index in [4.69, 9.17) is 0 Å². The van der Waals surface area contributed by atoms with Gasteiger partial charge < -0.3 is 4.90 Å². The molecule has 0 amide bonds. The normalized spacial score (nSPS) is 10.9. The smallest absolute Gasteiger partial charge is 0.249 e. The second-order valence-corrected chi connectivity index (χ2v) is 4.65. The predicted molar refractivity (Wildman–Crippen MR) is 70.3 cm³/mol. The van der Waals surface area contributed by atoms with Gasteiger partial charge in [-0.3, -0.25) is 9.59 Å². The lowest BCUT2D eigenvalue weighted by Crippen LogP contribution is -2.46. The minimum atomic E-state index is -0.334. The Labute approximate surface area is 97.8 Å². The first-order valence-electron chi connectivity index (χ1n) is 5.85. The highest BCUT2D eigenvalue weighted by molar-refractivity contribution is 5.60. The number of anilines is 1. The fourth-order valence-electron chi connectivity index (χ4n) is 1.60. The lowest BCUT2D eigenvalue weighted by Gasteiger charge is -2.28. The van der Waals surface area contributed by atoms with Crippen LogP contribution in [0.4, 0.5) is 5.69 Å². The van der Waals surface area contributed by atoms with Gasteiger partial charge in [0.1, 0.15) is 0 Å². The molecule has 92 valence electrons. The average Bonchev–Trinajstić information content (AvgIpc) is 2.24. The van der Waals surface area contributed by atoms with Gasteiger partial charge >= 0.3 is 0 Å². The van der Waals surface area contributed by atoms with Gasteiger partial charge in [0.2, 0.25) is 10.9 Å². The zero-order valence-electron chi connectivity index (χ0n) is 11.5. The summed E-state index contributed by atoms with van der Waals surface area (Å²) < 4.78 is 0. The SMILES string of the molecule is CC.CCN(C)c1c(C(C)(C)C)c(=O)c1=O. The Morgan fingerprint density at radius 3 is 1.81 bits per heavy atom. The van der Waals surface area contributed by atoms with Gasteiger partial charge in [-0.1, -0.05) is 34.6 Å². The molecule has 0 aliphatic heterocycles. The lowest BCUT2D eigenvalue weighted by molar-refractivity contribution is 0.576. The molecule has 0 fully saturated rings. The van der Waals surface area contributed by atoms with Crippen molar-refractivity contribution in [2.24, 2.45) is 0 Å². The summed E-state index contributed by atoms with van der Waals surface area (Å²) in [6.07, 6.45) is 0. The molecule has 0 aliphatic carbocycles. The van der Waals surface area contributed by atoms with E-state index in [1.54, 1.807) is 0 Å². The number of nitrogens with zero attached hydrogens (tertiary/aromatic N) is 1. The summed E-state index contributed by atoms with van der Waals surface area (Å²) in [6.45, 7) is 12.6. The van der Waals surface area contributed by atoms with Crippen LogP contribution in [0, 0.1) is 0 Å². The quantitative estimate of drug-likeness (QED) is 0.723. The summed E-state index contributed by atoms with van der Waals surface area (Å²) in [5.41, 5.74) is 0.396. The van der Waals surface area contributed by atoms with Gasteiger partial charge in [0.15, 0.2) is 0 Å². The van der Waals surface area contributed by atoms with Crippen LogP contribution in [0.25, 0.3) is 0 Å². The van der Waals surface area contributed by atoms with E-state index in [0.717, 1.165) is 6.54 Å². The molecule has 0 unspecified atom stereocenters. The predicted octanol–water partition coefficient (Wildman–Crippen LogP) is 2.06. The first-order valence-corrected chi connectivity index (χ1v) is 5.85. The molecule has 3 heteroatoms. The molecule has 0 radical (unpaired) electrons. The van der Waals surface area contributed by atoms with E-state index in [0.29, 0.717) is 11.3 Å². The van der Waals surface area contributed by atoms with Crippen LogP contribution >= 0.6 is 0 Å². The fourth-order valence-corrected chi connectivity index (χ4v) is 1.60. The Kier molecular flexibility index (Phi) is 4.91. The van der Waals surface area contributed by atoms with Crippen molar-refractivity contribution in [2.75, 3.05) is 18.5 Å². The van der Waals surface area contributed by atoms with E-state index >= 15 is 0 Å². The van der Waals surface area contributed by atoms with Gasteiger partial charge in [-0.25, -0.2) is 0 Å². The molecule has 0 N–H and O–H groups in total. The van der Waals surface area contributed by atoms with E-state index in [-0.39, 0.29) is 16.3 Å². The van der Waals surface area contributed by atoms with Crippen LogP contribution in [-0.2, 0) is 5.41 Å². The zero-order chi connectivity index (χ0) is 13.1. The second-order valence-electron chi connectivity index (χ2n) is 4.65. The Morgan fingerprint density at radius 1 is 1.06 bits per heavy atom. The van der Waals surface area contributed by atoms with Crippen LogP contribution in [0.3, 0.4) is 0 Å². The van der Waals surface area contributed by atoms with E-state index < -0.39 is 0 Å². The molecular formula is C13H23NO2. The van der Waals surface area contributed by atoms with Crippen molar-refractivity contribution in [1.82, 2.24) is 0 Å². The van der Waals surface area contributed by atoms with Gasteiger partial charge in [0.25, 0.3) is 0 Å². The van der Waals surface area contributed by atoms with Gasteiger partial charge in [-0.15, -0.1) is 0 Å². The molecule has 0 aromatic heterocycles. The van der Waals surface area contributed by atoms with Crippen molar-refractivity contribution in [2.45, 2.75) is 47.0 Å². The van der Waals surface area contributed by atoms with Gasteiger partial charge in [0.05, 0.1) is 5.69 Å².